The summed E-state index contributed by atoms with van der Waals surface area (Å²) in [7, 11) is 0. The maximum Gasteiger partial charge on any atom is 0.270 e. The number of aromatic nitrogens is 1. The fourth-order valence-electron chi connectivity index (χ4n) is 2.32. The Kier molecular flexibility index (Phi) is 4.08. The molecule has 1 saturated carbocycles. The van der Waals surface area contributed by atoms with Crippen molar-refractivity contribution in [3.05, 3.63) is 24.0 Å². The molecule has 0 atom stereocenters. The number of carbonyl (C=O) groups excluding carboxylic acids is 1. The molecule has 0 bridgehead atoms. The average Bonchev–Trinajstić information content (AvgIpc) is 2.80. The number of anilines is 1. The first-order valence-corrected chi connectivity index (χ1v) is 6.99. The molecule has 0 aliphatic heterocycles. The van der Waals surface area contributed by atoms with Crippen molar-refractivity contribution in [2.45, 2.75) is 58.0 Å². The van der Waals surface area contributed by atoms with Gasteiger partial charge in [0.1, 0.15) is 5.69 Å². The lowest BCUT2D eigenvalue weighted by molar-refractivity contribution is 0.0914. The monoisotopic (exact) mass is 261 g/mol. The molecule has 4 nitrogen and oxygen atoms in total. The molecule has 2 rings (SSSR count). The zero-order valence-electron chi connectivity index (χ0n) is 12.0. The highest BCUT2D eigenvalue weighted by molar-refractivity contribution is 5.92. The summed E-state index contributed by atoms with van der Waals surface area (Å²) in [6.45, 7) is 5.88. The Morgan fingerprint density at radius 3 is 2.47 bits per heavy atom. The van der Waals surface area contributed by atoms with Gasteiger partial charge >= 0.3 is 0 Å². The van der Waals surface area contributed by atoms with Crippen LogP contribution in [0.15, 0.2) is 18.3 Å². The molecule has 1 fully saturated rings. The number of carbonyl (C=O) groups is 1. The summed E-state index contributed by atoms with van der Waals surface area (Å²) >= 11 is 0. The molecule has 0 spiro atoms. The summed E-state index contributed by atoms with van der Waals surface area (Å²) in [5.74, 6) is -0.125. The van der Waals surface area contributed by atoms with Crippen LogP contribution in [0.5, 0.6) is 0 Å². The van der Waals surface area contributed by atoms with Gasteiger partial charge in [-0.2, -0.15) is 0 Å². The standard InChI is InChI=1S/C15H23N3O/c1-15(2,3)18-14(19)13-9-8-12(10-16-13)17-11-6-4-5-7-11/h8-11,17H,4-7H2,1-3H3,(H,18,19). The summed E-state index contributed by atoms with van der Waals surface area (Å²) in [6, 6.07) is 4.28. The van der Waals surface area contributed by atoms with Crippen LogP contribution >= 0.6 is 0 Å². The summed E-state index contributed by atoms with van der Waals surface area (Å²) in [5.41, 5.74) is 1.23. The van der Waals surface area contributed by atoms with Crippen LogP contribution in [0, 0.1) is 0 Å². The lowest BCUT2D eigenvalue weighted by Crippen LogP contribution is -2.40. The second-order valence-corrected chi connectivity index (χ2v) is 6.26. The Balaban J connectivity index is 1.95. The van der Waals surface area contributed by atoms with Crippen molar-refractivity contribution in [1.82, 2.24) is 10.3 Å². The van der Waals surface area contributed by atoms with Crippen molar-refractivity contribution in [2.75, 3.05) is 5.32 Å². The Morgan fingerprint density at radius 1 is 1.26 bits per heavy atom. The van der Waals surface area contributed by atoms with Gasteiger partial charge in [0.2, 0.25) is 0 Å². The second kappa shape index (κ2) is 5.59. The van der Waals surface area contributed by atoms with Gasteiger partial charge in [-0.3, -0.25) is 4.79 Å². The minimum absolute atomic E-state index is 0.125. The van der Waals surface area contributed by atoms with Gasteiger partial charge in [0.05, 0.1) is 11.9 Å². The van der Waals surface area contributed by atoms with Gasteiger partial charge in [0.25, 0.3) is 5.91 Å². The molecule has 2 N–H and O–H groups in total. The third kappa shape index (κ3) is 4.23. The molecule has 0 aromatic carbocycles. The van der Waals surface area contributed by atoms with E-state index in [1.807, 2.05) is 26.8 Å². The predicted molar refractivity (Wildman–Crippen MR) is 77.3 cm³/mol. The van der Waals surface area contributed by atoms with E-state index in [2.05, 4.69) is 15.6 Å². The van der Waals surface area contributed by atoms with E-state index < -0.39 is 0 Å². The second-order valence-electron chi connectivity index (χ2n) is 6.26. The van der Waals surface area contributed by atoms with Crippen molar-refractivity contribution in [3.8, 4) is 0 Å². The number of hydrogen-bond acceptors (Lipinski definition) is 3. The zero-order valence-corrected chi connectivity index (χ0v) is 12.0. The van der Waals surface area contributed by atoms with E-state index in [1.165, 1.54) is 25.7 Å². The molecule has 1 aliphatic carbocycles. The molecule has 1 heterocycles. The lowest BCUT2D eigenvalue weighted by Gasteiger charge is -2.20. The molecular formula is C15H23N3O. The lowest BCUT2D eigenvalue weighted by atomic mass is 10.1. The normalized spacial score (nSPS) is 16.4. The van der Waals surface area contributed by atoms with E-state index in [9.17, 15) is 4.79 Å². The highest BCUT2D eigenvalue weighted by Crippen LogP contribution is 2.21. The third-order valence-corrected chi connectivity index (χ3v) is 3.21. The van der Waals surface area contributed by atoms with Gasteiger partial charge in [-0.25, -0.2) is 4.98 Å². The number of pyridine rings is 1. The summed E-state index contributed by atoms with van der Waals surface area (Å²) < 4.78 is 0. The molecule has 19 heavy (non-hydrogen) atoms. The van der Waals surface area contributed by atoms with Crippen LogP contribution in [-0.4, -0.2) is 22.5 Å². The first-order valence-electron chi connectivity index (χ1n) is 6.99. The van der Waals surface area contributed by atoms with Crippen molar-refractivity contribution in [2.24, 2.45) is 0 Å². The summed E-state index contributed by atoms with van der Waals surface area (Å²) in [6.07, 6.45) is 6.81. The molecule has 1 aromatic heterocycles. The molecule has 1 aliphatic rings. The molecule has 1 aromatic rings. The Morgan fingerprint density at radius 2 is 1.95 bits per heavy atom. The molecule has 4 heteroatoms. The Labute approximate surface area is 115 Å². The van der Waals surface area contributed by atoms with Crippen LogP contribution in [-0.2, 0) is 0 Å². The van der Waals surface area contributed by atoms with E-state index in [1.54, 1.807) is 12.3 Å². The minimum Gasteiger partial charge on any atom is -0.381 e. The molecule has 0 radical (unpaired) electrons. The highest BCUT2D eigenvalue weighted by atomic mass is 16.2. The quantitative estimate of drug-likeness (QED) is 0.879. The average molecular weight is 261 g/mol. The fraction of sp³-hybridized carbons (Fsp3) is 0.600. The van der Waals surface area contributed by atoms with E-state index in [0.717, 1.165) is 5.69 Å². The van der Waals surface area contributed by atoms with Gasteiger partial charge in [0.15, 0.2) is 0 Å². The van der Waals surface area contributed by atoms with Gasteiger partial charge in [-0.05, 0) is 45.7 Å². The van der Waals surface area contributed by atoms with Gasteiger partial charge < -0.3 is 10.6 Å². The number of rotatable bonds is 3. The van der Waals surface area contributed by atoms with Gasteiger partial charge in [0, 0.05) is 11.6 Å². The summed E-state index contributed by atoms with van der Waals surface area (Å²) in [5, 5.41) is 6.37. The Bertz CT molecular complexity index is 428. The topological polar surface area (TPSA) is 54.0 Å². The minimum atomic E-state index is -0.237. The van der Waals surface area contributed by atoms with E-state index in [4.69, 9.17) is 0 Å². The zero-order chi connectivity index (χ0) is 13.9. The smallest absolute Gasteiger partial charge is 0.270 e. The summed E-state index contributed by atoms with van der Waals surface area (Å²) in [4.78, 5) is 16.2. The van der Waals surface area contributed by atoms with Gasteiger partial charge in [-0.15, -0.1) is 0 Å². The van der Waals surface area contributed by atoms with Crippen molar-refractivity contribution < 1.29 is 4.79 Å². The maximum atomic E-state index is 11.9. The number of amides is 1. The Hall–Kier alpha value is -1.58. The molecule has 1 amide bonds. The van der Waals surface area contributed by atoms with Crippen molar-refractivity contribution in [3.63, 3.8) is 0 Å². The largest absolute Gasteiger partial charge is 0.381 e. The van der Waals surface area contributed by atoms with E-state index in [-0.39, 0.29) is 11.4 Å². The van der Waals surface area contributed by atoms with Crippen LogP contribution in [0.2, 0.25) is 0 Å². The highest BCUT2D eigenvalue weighted by Gasteiger charge is 2.17. The van der Waals surface area contributed by atoms with Gasteiger partial charge in [-0.1, -0.05) is 12.8 Å². The van der Waals surface area contributed by atoms with Crippen LogP contribution in [0.4, 0.5) is 5.69 Å². The third-order valence-electron chi connectivity index (χ3n) is 3.21. The van der Waals surface area contributed by atoms with Crippen LogP contribution in [0.3, 0.4) is 0 Å². The SMILES string of the molecule is CC(C)(C)NC(=O)c1ccc(NC2CCCC2)cn1. The molecular weight excluding hydrogens is 238 g/mol. The molecule has 0 unspecified atom stereocenters. The molecule has 0 saturated heterocycles. The van der Waals surface area contributed by atoms with Crippen LogP contribution < -0.4 is 10.6 Å². The van der Waals surface area contributed by atoms with Crippen LogP contribution in [0.1, 0.15) is 56.9 Å². The number of hydrogen-bond donors (Lipinski definition) is 2. The van der Waals surface area contributed by atoms with E-state index >= 15 is 0 Å². The fourth-order valence-corrected chi connectivity index (χ4v) is 2.32. The van der Waals surface area contributed by atoms with Crippen molar-refractivity contribution >= 4 is 11.6 Å². The number of nitrogens with one attached hydrogen (secondary N) is 2. The number of nitrogens with zero attached hydrogens (tertiary/aromatic N) is 1. The van der Waals surface area contributed by atoms with E-state index in [0.29, 0.717) is 11.7 Å². The predicted octanol–water partition coefficient (Wildman–Crippen LogP) is 2.96. The molecule has 104 valence electrons. The first-order chi connectivity index (χ1) is 8.94. The van der Waals surface area contributed by atoms with Crippen molar-refractivity contribution in [1.29, 1.82) is 0 Å². The maximum absolute atomic E-state index is 11.9. The van der Waals surface area contributed by atoms with Crippen LogP contribution in [0.25, 0.3) is 0 Å². The first kappa shape index (κ1) is 13.8.